The van der Waals surface area contributed by atoms with Crippen molar-refractivity contribution in [2.45, 2.75) is 20.4 Å². The Morgan fingerprint density at radius 2 is 2.06 bits per heavy atom. The van der Waals surface area contributed by atoms with E-state index < -0.39 is 0 Å². The molecule has 3 heteroatoms. The molecular formula is C14H17NO2. The molecule has 1 aromatic heterocycles. The second-order valence-electron chi connectivity index (χ2n) is 4.61. The van der Waals surface area contributed by atoms with Crippen LogP contribution in [0.25, 0.3) is 10.9 Å². The Morgan fingerprint density at radius 1 is 1.29 bits per heavy atom. The van der Waals surface area contributed by atoms with Crippen LogP contribution in [0.1, 0.15) is 13.8 Å². The van der Waals surface area contributed by atoms with Gasteiger partial charge in [-0.15, -0.1) is 0 Å². The molecule has 0 aliphatic heterocycles. The van der Waals surface area contributed by atoms with Crippen molar-refractivity contribution in [1.29, 1.82) is 0 Å². The second kappa shape index (κ2) is 4.62. The number of aromatic nitrogens is 1. The molecule has 90 valence electrons. The Bertz CT molecular complexity index is 584. The van der Waals surface area contributed by atoms with Crippen LogP contribution >= 0.6 is 0 Å². The molecule has 0 amide bonds. The molecule has 0 saturated carbocycles. The van der Waals surface area contributed by atoms with Crippen molar-refractivity contribution < 1.29 is 4.74 Å². The van der Waals surface area contributed by atoms with Crippen LogP contribution in [0.5, 0.6) is 5.75 Å². The summed E-state index contributed by atoms with van der Waals surface area (Å²) in [6.07, 6.45) is 1.85. The first kappa shape index (κ1) is 11.7. The van der Waals surface area contributed by atoms with Crippen molar-refractivity contribution in [2.75, 3.05) is 7.11 Å². The van der Waals surface area contributed by atoms with Gasteiger partial charge in [0, 0.05) is 30.3 Å². The average molecular weight is 231 g/mol. The summed E-state index contributed by atoms with van der Waals surface area (Å²) in [5.41, 5.74) is 0.994. The van der Waals surface area contributed by atoms with Crippen molar-refractivity contribution in [2.24, 2.45) is 5.92 Å². The highest BCUT2D eigenvalue weighted by Crippen LogP contribution is 2.19. The lowest BCUT2D eigenvalue weighted by molar-refractivity contribution is 0.415. The van der Waals surface area contributed by atoms with Gasteiger partial charge in [0.2, 0.25) is 0 Å². The summed E-state index contributed by atoms with van der Waals surface area (Å²) >= 11 is 0. The zero-order valence-electron chi connectivity index (χ0n) is 10.4. The number of nitrogens with zero attached hydrogens (tertiary/aromatic N) is 1. The lowest BCUT2D eigenvalue weighted by Crippen LogP contribution is -2.11. The fourth-order valence-electron chi connectivity index (χ4n) is 1.96. The van der Waals surface area contributed by atoms with E-state index in [-0.39, 0.29) is 5.43 Å². The van der Waals surface area contributed by atoms with Crippen LogP contribution in [-0.4, -0.2) is 11.7 Å². The smallest absolute Gasteiger partial charge is 0.189 e. The quantitative estimate of drug-likeness (QED) is 0.813. The molecule has 0 radical (unpaired) electrons. The maximum absolute atomic E-state index is 11.8. The van der Waals surface area contributed by atoms with E-state index in [0.717, 1.165) is 23.2 Å². The van der Waals surface area contributed by atoms with Crippen LogP contribution in [0.2, 0.25) is 0 Å². The highest BCUT2D eigenvalue weighted by molar-refractivity contribution is 5.80. The summed E-state index contributed by atoms with van der Waals surface area (Å²) in [4.78, 5) is 11.8. The van der Waals surface area contributed by atoms with Crippen LogP contribution in [0.3, 0.4) is 0 Å². The number of fused-ring (bicyclic) bond motifs is 1. The molecule has 17 heavy (non-hydrogen) atoms. The Morgan fingerprint density at radius 3 is 2.71 bits per heavy atom. The first-order valence-corrected chi connectivity index (χ1v) is 5.79. The molecule has 1 heterocycles. The van der Waals surface area contributed by atoms with Gasteiger partial charge in [0.25, 0.3) is 0 Å². The third-order valence-corrected chi connectivity index (χ3v) is 2.75. The van der Waals surface area contributed by atoms with Crippen LogP contribution in [0.15, 0.2) is 35.3 Å². The van der Waals surface area contributed by atoms with E-state index in [9.17, 15) is 4.79 Å². The third kappa shape index (κ3) is 2.33. The fourth-order valence-corrected chi connectivity index (χ4v) is 1.96. The number of hydrogen-bond donors (Lipinski definition) is 0. The first-order valence-electron chi connectivity index (χ1n) is 5.79. The summed E-state index contributed by atoms with van der Waals surface area (Å²) in [7, 11) is 1.63. The monoisotopic (exact) mass is 231 g/mol. The molecule has 2 rings (SSSR count). The lowest BCUT2D eigenvalue weighted by atomic mass is 10.1. The Hall–Kier alpha value is -1.77. The highest BCUT2D eigenvalue weighted by atomic mass is 16.5. The van der Waals surface area contributed by atoms with Crippen LogP contribution < -0.4 is 10.2 Å². The molecule has 0 atom stereocenters. The van der Waals surface area contributed by atoms with Crippen LogP contribution in [0, 0.1) is 5.92 Å². The number of methoxy groups -OCH3 is 1. The molecular weight excluding hydrogens is 214 g/mol. The number of pyridine rings is 1. The first-order chi connectivity index (χ1) is 8.11. The maximum atomic E-state index is 11.8. The third-order valence-electron chi connectivity index (χ3n) is 2.75. The van der Waals surface area contributed by atoms with Crippen molar-refractivity contribution in [3.8, 4) is 5.75 Å². The van der Waals surface area contributed by atoms with E-state index in [4.69, 9.17) is 4.74 Å². The van der Waals surface area contributed by atoms with Gasteiger partial charge in [0.15, 0.2) is 5.43 Å². The van der Waals surface area contributed by atoms with Crippen molar-refractivity contribution in [3.63, 3.8) is 0 Å². The zero-order valence-corrected chi connectivity index (χ0v) is 10.4. The van der Waals surface area contributed by atoms with Gasteiger partial charge in [-0.25, -0.2) is 0 Å². The minimum atomic E-state index is 0.0580. The van der Waals surface area contributed by atoms with E-state index in [0.29, 0.717) is 5.92 Å². The number of hydrogen-bond acceptors (Lipinski definition) is 2. The Labute approximate surface area is 101 Å². The van der Waals surface area contributed by atoms with E-state index >= 15 is 0 Å². The SMILES string of the molecule is COc1ccc2c(=O)ccn(CC(C)C)c2c1. The topological polar surface area (TPSA) is 31.2 Å². The summed E-state index contributed by atoms with van der Waals surface area (Å²) in [5.74, 6) is 1.31. The summed E-state index contributed by atoms with van der Waals surface area (Å²) in [5, 5.41) is 0.744. The molecule has 3 nitrogen and oxygen atoms in total. The van der Waals surface area contributed by atoms with Crippen molar-refractivity contribution >= 4 is 10.9 Å². The minimum Gasteiger partial charge on any atom is -0.497 e. The minimum absolute atomic E-state index is 0.0580. The van der Waals surface area contributed by atoms with Crippen molar-refractivity contribution in [3.05, 3.63) is 40.7 Å². The maximum Gasteiger partial charge on any atom is 0.189 e. The molecule has 0 aliphatic carbocycles. The molecule has 0 unspecified atom stereocenters. The molecule has 0 spiro atoms. The lowest BCUT2D eigenvalue weighted by Gasteiger charge is -2.13. The Balaban J connectivity index is 2.67. The summed E-state index contributed by atoms with van der Waals surface area (Å²) in [6, 6.07) is 7.19. The van der Waals surface area contributed by atoms with E-state index in [1.54, 1.807) is 13.2 Å². The van der Waals surface area contributed by atoms with Gasteiger partial charge in [-0.1, -0.05) is 13.8 Å². The predicted molar refractivity (Wildman–Crippen MR) is 69.6 cm³/mol. The average Bonchev–Trinajstić information content (AvgIpc) is 2.32. The van der Waals surface area contributed by atoms with Gasteiger partial charge < -0.3 is 9.30 Å². The fraction of sp³-hybridized carbons (Fsp3) is 0.357. The molecule has 0 saturated heterocycles. The zero-order chi connectivity index (χ0) is 12.4. The molecule has 0 N–H and O–H groups in total. The molecule has 2 aromatic rings. The normalized spacial score (nSPS) is 11.1. The number of rotatable bonds is 3. The van der Waals surface area contributed by atoms with Gasteiger partial charge in [0.05, 0.1) is 12.6 Å². The second-order valence-corrected chi connectivity index (χ2v) is 4.61. The Kier molecular flexibility index (Phi) is 3.18. The van der Waals surface area contributed by atoms with E-state index in [1.165, 1.54) is 0 Å². The molecule has 1 aromatic carbocycles. The predicted octanol–water partition coefficient (Wildman–Crippen LogP) is 2.67. The molecule has 0 fully saturated rings. The standard InChI is InChI=1S/C14H17NO2/c1-10(2)9-15-7-6-14(16)12-5-4-11(17-3)8-13(12)15/h4-8,10H,9H2,1-3H3. The van der Waals surface area contributed by atoms with Gasteiger partial charge in [-0.3, -0.25) is 4.79 Å². The van der Waals surface area contributed by atoms with E-state index in [1.807, 2.05) is 24.4 Å². The van der Waals surface area contributed by atoms with Gasteiger partial charge in [-0.05, 0) is 18.1 Å². The summed E-state index contributed by atoms with van der Waals surface area (Å²) in [6.45, 7) is 5.21. The highest BCUT2D eigenvalue weighted by Gasteiger charge is 2.05. The number of benzene rings is 1. The van der Waals surface area contributed by atoms with Crippen LogP contribution in [-0.2, 0) is 6.54 Å². The van der Waals surface area contributed by atoms with Crippen LogP contribution in [0.4, 0.5) is 0 Å². The largest absolute Gasteiger partial charge is 0.497 e. The van der Waals surface area contributed by atoms with Crippen molar-refractivity contribution in [1.82, 2.24) is 4.57 Å². The van der Waals surface area contributed by atoms with E-state index in [2.05, 4.69) is 18.4 Å². The van der Waals surface area contributed by atoms with Gasteiger partial charge >= 0.3 is 0 Å². The van der Waals surface area contributed by atoms with Gasteiger partial charge in [0.1, 0.15) is 5.75 Å². The number of ether oxygens (including phenoxy) is 1. The summed E-state index contributed by atoms with van der Waals surface area (Å²) < 4.78 is 7.31. The molecule has 0 bridgehead atoms. The molecule has 0 aliphatic rings. The van der Waals surface area contributed by atoms with Gasteiger partial charge in [-0.2, -0.15) is 0 Å².